The van der Waals surface area contributed by atoms with E-state index in [1.165, 1.54) is 12.1 Å². The van der Waals surface area contributed by atoms with Gasteiger partial charge in [-0.2, -0.15) is 0 Å². The van der Waals surface area contributed by atoms with E-state index in [-0.39, 0.29) is 18.2 Å². The second kappa shape index (κ2) is 9.40. The predicted octanol–water partition coefficient (Wildman–Crippen LogP) is 5.15. The van der Waals surface area contributed by atoms with Gasteiger partial charge in [0.2, 0.25) is 0 Å². The number of aromatic nitrogens is 2. The summed E-state index contributed by atoms with van der Waals surface area (Å²) in [5.74, 6) is -0.0728. The van der Waals surface area contributed by atoms with Crippen LogP contribution in [0.2, 0.25) is 0 Å². The van der Waals surface area contributed by atoms with Crippen LogP contribution < -0.4 is 0 Å². The first-order chi connectivity index (χ1) is 15.4. The maximum atomic E-state index is 13.6. The molecule has 32 heavy (non-hydrogen) atoms. The highest BCUT2D eigenvalue weighted by atomic mass is 19.1. The number of rotatable bonds is 5. The number of aliphatic hydroxyl groups excluding tert-OH is 1. The van der Waals surface area contributed by atoms with Crippen LogP contribution in [0.4, 0.5) is 4.39 Å². The summed E-state index contributed by atoms with van der Waals surface area (Å²) >= 11 is 0. The molecule has 1 N–H and O–H groups in total. The standard InChI is InChI=1S/C26H25FN2O3/c1-16(2)24-22(13-12-21-14-20(30)15-23(31)32-21)25(17-8-10-19(27)11-9-17)29-26(28-24)18-6-4-3-5-7-18/h3-13,16,20-21,30H,14-15H2,1-2H3/b13-12+. The Balaban J connectivity index is 1.85. The first-order valence-electron chi connectivity index (χ1n) is 10.7. The van der Waals surface area contributed by atoms with Crippen LogP contribution in [0.25, 0.3) is 28.7 Å². The Morgan fingerprint density at radius 2 is 1.78 bits per heavy atom. The van der Waals surface area contributed by atoms with Crippen LogP contribution in [0.5, 0.6) is 0 Å². The van der Waals surface area contributed by atoms with Gasteiger partial charge in [-0.15, -0.1) is 0 Å². The largest absolute Gasteiger partial charge is 0.458 e. The number of hydrogen-bond donors (Lipinski definition) is 1. The summed E-state index contributed by atoms with van der Waals surface area (Å²) in [7, 11) is 0. The van der Waals surface area contributed by atoms with Crippen LogP contribution in [-0.2, 0) is 9.53 Å². The molecule has 0 amide bonds. The third-order valence-electron chi connectivity index (χ3n) is 5.34. The number of ether oxygens (including phenoxy) is 1. The van der Waals surface area contributed by atoms with E-state index in [1.54, 1.807) is 18.2 Å². The van der Waals surface area contributed by atoms with E-state index in [0.717, 1.165) is 22.4 Å². The molecule has 1 aliphatic rings. The second-order valence-corrected chi connectivity index (χ2v) is 8.20. The number of cyclic esters (lactones) is 1. The molecule has 0 spiro atoms. The number of carbonyl (C=O) groups is 1. The van der Waals surface area contributed by atoms with Crippen LogP contribution in [-0.4, -0.2) is 33.3 Å². The molecule has 2 unspecified atom stereocenters. The van der Waals surface area contributed by atoms with Crippen molar-refractivity contribution in [3.8, 4) is 22.6 Å². The highest BCUT2D eigenvalue weighted by molar-refractivity contribution is 5.76. The van der Waals surface area contributed by atoms with Gasteiger partial charge in [0.05, 0.1) is 23.9 Å². The molecule has 5 nitrogen and oxygen atoms in total. The lowest BCUT2D eigenvalue weighted by Gasteiger charge is -2.23. The fourth-order valence-corrected chi connectivity index (χ4v) is 3.77. The van der Waals surface area contributed by atoms with Gasteiger partial charge in [0.25, 0.3) is 0 Å². The number of nitrogens with zero attached hydrogens (tertiary/aromatic N) is 2. The minimum atomic E-state index is -0.719. The smallest absolute Gasteiger partial charge is 0.309 e. The average Bonchev–Trinajstić information content (AvgIpc) is 2.77. The third kappa shape index (κ3) is 4.92. The Labute approximate surface area is 186 Å². The molecule has 6 heteroatoms. The summed E-state index contributed by atoms with van der Waals surface area (Å²) in [6.07, 6.45) is 2.72. The van der Waals surface area contributed by atoms with Gasteiger partial charge in [-0.05, 0) is 36.3 Å². The number of esters is 1. The molecule has 4 rings (SSSR count). The summed E-state index contributed by atoms with van der Waals surface area (Å²) in [6, 6.07) is 15.9. The highest BCUT2D eigenvalue weighted by Gasteiger charge is 2.26. The SMILES string of the molecule is CC(C)c1nc(-c2ccccc2)nc(-c2ccc(F)cc2)c1/C=C/C1CC(O)CC(=O)O1. The molecular formula is C26H25FN2O3. The van der Waals surface area contributed by atoms with Crippen molar-refractivity contribution in [1.29, 1.82) is 0 Å². The molecule has 1 aliphatic heterocycles. The third-order valence-corrected chi connectivity index (χ3v) is 5.34. The Morgan fingerprint density at radius 3 is 2.44 bits per heavy atom. The summed E-state index contributed by atoms with van der Waals surface area (Å²) in [5, 5.41) is 9.92. The van der Waals surface area contributed by atoms with Crippen molar-refractivity contribution in [3.63, 3.8) is 0 Å². The zero-order valence-corrected chi connectivity index (χ0v) is 18.0. The van der Waals surface area contributed by atoms with Crippen molar-refractivity contribution >= 4 is 12.0 Å². The summed E-state index contributed by atoms with van der Waals surface area (Å²) in [6.45, 7) is 4.10. The van der Waals surface area contributed by atoms with E-state index in [2.05, 4.69) is 0 Å². The summed E-state index contributed by atoms with van der Waals surface area (Å²) in [4.78, 5) is 21.4. The van der Waals surface area contributed by atoms with Crippen molar-refractivity contribution in [1.82, 2.24) is 9.97 Å². The van der Waals surface area contributed by atoms with E-state index < -0.39 is 18.2 Å². The average molecular weight is 432 g/mol. The van der Waals surface area contributed by atoms with Crippen LogP contribution >= 0.6 is 0 Å². The fraction of sp³-hybridized carbons (Fsp3) is 0.269. The van der Waals surface area contributed by atoms with Crippen LogP contribution in [0.1, 0.15) is 43.9 Å². The Bertz CT molecular complexity index is 1130. The zero-order valence-electron chi connectivity index (χ0n) is 18.0. The number of halogens is 1. The second-order valence-electron chi connectivity index (χ2n) is 8.20. The fourth-order valence-electron chi connectivity index (χ4n) is 3.77. The van der Waals surface area contributed by atoms with Crippen LogP contribution in [0, 0.1) is 5.82 Å². The molecule has 164 valence electrons. The van der Waals surface area contributed by atoms with Crippen LogP contribution in [0.3, 0.4) is 0 Å². The molecule has 0 bridgehead atoms. The molecule has 2 atom stereocenters. The Kier molecular flexibility index (Phi) is 6.42. The zero-order chi connectivity index (χ0) is 22.7. The van der Waals surface area contributed by atoms with Gasteiger partial charge in [-0.1, -0.05) is 50.3 Å². The molecule has 1 fully saturated rings. The Hall–Kier alpha value is -3.38. The van der Waals surface area contributed by atoms with Gasteiger partial charge in [-0.25, -0.2) is 14.4 Å². The maximum absolute atomic E-state index is 13.6. The number of carbonyl (C=O) groups excluding carboxylic acids is 1. The molecule has 1 saturated heterocycles. The highest BCUT2D eigenvalue weighted by Crippen LogP contribution is 2.32. The van der Waals surface area contributed by atoms with E-state index in [1.807, 2.05) is 50.3 Å². The molecule has 0 saturated carbocycles. The number of hydrogen-bond acceptors (Lipinski definition) is 5. The van der Waals surface area contributed by atoms with Gasteiger partial charge in [0, 0.05) is 23.1 Å². The Morgan fingerprint density at radius 1 is 1.06 bits per heavy atom. The first-order valence-corrected chi connectivity index (χ1v) is 10.7. The first kappa shape index (κ1) is 21.8. The number of aliphatic hydroxyl groups is 1. The lowest BCUT2D eigenvalue weighted by molar-refractivity contribution is -0.156. The molecule has 0 aliphatic carbocycles. The lowest BCUT2D eigenvalue weighted by atomic mass is 9.96. The minimum Gasteiger partial charge on any atom is -0.458 e. The molecule has 1 aromatic heterocycles. The van der Waals surface area contributed by atoms with Crippen LogP contribution in [0.15, 0.2) is 60.7 Å². The van der Waals surface area contributed by atoms with Gasteiger partial charge < -0.3 is 9.84 Å². The monoisotopic (exact) mass is 432 g/mol. The van der Waals surface area contributed by atoms with Gasteiger partial charge in [0.15, 0.2) is 5.82 Å². The van der Waals surface area contributed by atoms with Gasteiger partial charge in [-0.3, -0.25) is 4.79 Å². The molecule has 2 heterocycles. The number of benzene rings is 2. The molecule has 2 aromatic carbocycles. The van der Waals surface area contributed by atoms with Crippen molar-refractivity contribution in [3.05, 3.63) is 77.7 Å². The van der Waals surface area contributed by atoms with Crippen molar-refractivity contribution < 1.29 is 19.0 Å². The molecular weight excluding hydrogens is 407 g/mol. The summed E-state index contributed by atoms with van der Waals surface area (Å²) in [5.41, 5.74) is 3.92. The quantitative estimate of drug-likeness (QED) is 0.565. The van der Waals surface area contributed by atoms with E-state index in [0.29, 0.717) is 17.9 Å². The van der Waals surface area contributed by atoms with Crippen molar-refractivity contribution in [2.45, 2.75) is 44.8 Å². The van der Waals surface area contributed by atoms with Crippen molar-refractivity contribution in [2.75, 3.05) is 0 Å². The van der Waals surface area contributed by atoms with Gasteiger partial charge >= 0.3 is 5.97 Å². The normalized spacial score (nSPS) is 18.8. The molecule has 3 aromatic rings. The minimum absolute atomic E-state index is 0.0112. The van der Waals surface area contributed by atoms with E-state index >= 15 is 0 Å². The topological polar surface area (TPSA) is 72.3 Å². The summed E-state index contributed by atoms with van der Waals surface area (Å²) < 4.78 is 19.0. The van der Waals surface area contributed by atoms with E-state index in [9.17, 15) is 14.3 Å². The predicted molar refractivity (Wildman–Crippen MR) is 121 cm³/mol. The lowest BCUT2D eigenvalue weighted by Crippen LogP contribution is -2.31. The van der Waals surface area contributed by atoms with Gasteiger partial charge in [0.1, 0.15) is 11.9 Å². The van der Waals surface area contributed by atoms with E-state index in [4.69, 9.17) is 14.7 Å². The molecule has 0 radical (unpaired) electrons. The van der Waals surface area contributed by atoms with Crippen molar-refractivity contribution in [2.24, 2.45) is 0 Å². The maximum Gasteiger partial charge on any atom is 0.309 e.